The maximum atomic E-state index is 11.2. The summed E-state index contributed by atoms with van der Waals surface area (Å²) in [6, 6.07) is 3.05. The predicted octanol–water partition coefficient (Wildman–Crippen LogP) is 3.31. The first-order valence-electron chi connectivity index (χ1n) is 6.64. The predicted molar refractivity (Wildman–Crippen MR) is 76.0 cm³/mol. The van der Waals surface area contributed by atoms with Crippen LogP contribution in [-0.4, -0.2) is 29.1 Å². The van der Waals surface area contributed by atoms with Gasteiger partial charge in [0.05, 0.1) is 0 Å². The van der Waals surface area contributed by atoms with Crippen molar-refractivity contribution in [2.45, 2.75) is 26.7 Å². The first-order chi connectivity index (χ1) is 8.99. The van der Waals surface area contributed by atoms with E-state index in [1.807, 2.05) is 4.90 Å². The standard InChI is InChI=1S/C14H19ClN2O2/c1-9(2)10-5-7-17(8-6-10)13-11(14(18)19)3-4-12(15)16-13/h3-4,9-10H,5-8H2,1-2H3,(H,18,19). The van der Waals surface area contributed by atoms with E-state index in [2.05, 4.69) is 18.8 Å². The van der Waals surface area contributed by atoms with Crippen molar-refractivity contribution in [1.29, 1.82) is 0 Å². The monoisotopic (exact) mass is 282 g/mol. The van der Waals surface area contributed by atoms with E-state index in [0.717, 1.165) is 25.9 Å². The topological polar surface area (TPSA) is 53.4 Å². The zero-order valence-corrected chi connectivity index (χ0v) is 12.0. The van der Waals surface area contributed by atoms with Gasteiger partial charge in [0.1, 0.15) is 16.5 Å². The number of aromatic nitrogens is 1. The van der Waals surface area contributed by atoms with Crippen LogP contribution < -0.4 is 4.90 Å². The molecule has 1 saturated heterocycles. The Bertz CT molecular complexity index is 469. The van der Waals surface area contributed by atoms with Crippen LogP contribution in [0.4, 0.5) is 5.82 Å². The molecule has 2 heterocycles. The summed E-state index contributed by atoms with van der Waals surface area (Å²) < 4.78 is 0. The summed E-state index contributed by atoms with van der Waals surface area (Å²) >= 11 is 5.89. The SMILES string of the molecule is CC(C)C1CCN(c2nc(Cl)ccc2C(=O)O)CC1. The number of pyridine rings is 1. The van der Waals surface area contributed by atoms with Crippen LogP contribution in [-0.2, 0) is 0 Å². The quantitative estimate of drug-likeness (QED) is 0.864. The van der Waals surface area contributed by atoms with Crippen molar-refractivity contribution >= 4 is 23.4 Å². The minimum absolute atomic E-state index is 0.229. The Balaban J connectivity index is 2.19. The molecule has 1 aliphatic rings. The normalized spacial score (nSPS) is 16.9. The van der Waals surface area contributed by atoms with Crippen LogP contribution in [0.3, 0.4) is 0 Å². The molecular weight excluding hydrogens is 264 g/mol. The van der Waals surface area contributed by atoms with Gasteiger partial charge in [0.15, 0.2) is 0 Å². The van der Waals surface area contributed by atoms with Crippen molar-refractivity contribution in [2.24, 2.45) is 11.8 Å². The molecule has 1 aromatic rings. The summed E-state index contributed by atoms with van der Waals surface area (Å²) in [7, 11) is 0. The smallest absolute Gasteiger partial charge is 0.339 e. The molecule has 1 N–H and O–H groups in total. The average molecular weight is 283 g/mol. The lowest BCUT2D eigenvalue weighted by molar-refractivity contribution is 0.0697. The number of rotatable bonds is 3. The van der Waals surface area contributed by atoms with Crippen LogP contribution in [0.2, 0.25) is 5.15 Å². The number of hydrogen-bond acceptors (Lipinski definition) is 3. The number of halogens is 1. The van der Waals surface area contributed by atoms with Crippen molar-refractivity contribution in [3.8, 4) is 0 Å². The molecule has 0 aliphatic carbocycles. The van der Waals surface area contributed by atoms with Gasteiger partial charge in [-0.25, -0.2) is 9.78 Å². The van der Waals surface area contributed by atoms with Gasteiger partial charge in [-0.05, 0) is 36.8 Å². The van der Waals surface area contributed by atoms with Crippen molar-refractivity contribution in [1.82, 2.24) is 4.98 Å². The molecule has 0 unspecified atom stereocenters. The van der Waals surface area contributed by atoms with Crippen LogP contribution in [0.15, 0.2) is 12.1 Å². The van der Waals surface area contributed by atoms with Crippen LogP contribution in [0.25, 0.3) is 0 Å². The third kappa shape index (κ3) is 3.18. The van der Waals surface area contributed by atoms with Gasteiger partial charge in [-0.1, -0.05) is 25.4 Å². The van der Waals surface area contributed by atoms with Crippen LogP contribution in [0.1, 0.15) is 37.0 Å². The molecule has 0 amide bonds. The molecule has 0 radical (unpaired) electrons. The van der Waals surface area contributed by atoms with Gasteiger partial charge in [0.2, 0.25) is 0 Å². The molecule has 0 saturated carbocycles. The van der Waals surface area contributed by atoms with Crippen molar-refractivity contribution in [3.63, 3.8) is 0 Å². The second-order valence-electron chi connectivity index (χ2n) is 5.38. The summed E-state index contributed by atoms with van der Waals surface area (Å²) in [6.07, 6.45) is 2.15. The van der Waals surface area contributed by atoms with Crippen molar-refractivity contribution < 1.29 is 9.90 Å². The summed E-state index contributed by atoms with van der Waals surface area (Å²) in [5.41, 5.74) is 0.229. The molecule has 5 heteroatoms. The highest BCUT2D eigenvalue weighted by Gasteiger charge is 2.25. The second-order valence-corrected chi connectivity index (χ2v) is 5.77. The Morgan fingerprint density at radius 3 is 2.58 bits per heavy atom. The summed E-state index contributed by atoms with van der Waals surface area (Å²) in [6.45, 7) is 6.16. The largest absolute Gasteiger partial charge is 0.478 e. The molecular formula is C14H19ClN2O2. The zero-order valence-electron chi connectivity index (χ0n) is 11.3. The second kappa shape index (κ2) is 5.78. The summed E-state index contributed by atoms with van der Waals surface area (Å²) in [4.78, 5) is 17.5. The Labute approximate surface area is 118 Å². The Morgan fingerprint density at radius 2 is 2.05 bits per heavy atom. The van der Waals surface area contributed by atoms with E-state index in [1.165, 1.54) is 12.1 Å². The van der Waals surface area contributed by atoms with Gasteiger partial charge in [0.25, 0.3) is 0 Å². The molecule has 1 aliphatic heterocycles. The van der Waals surface area contributed by atoms with Gasteiger partial charge >= 0.3 is 5.97 Å². The molecule has 0 atom stereocenters. The molecule has 0 bridgehead atoms. The van der Waals surface area contributed by atoms with Crippen molar-refractivity contribution in [3.05, 3.63) is 22.8 Å². The number of nitrogens with zero attached hydrogens (tertiary/aromatic N) is 2. The Morgan fingerprint density at radius 1 is 1.42 bits per heavy atom. The third-order valence-electron chi connectivity index (χ3n) is 3.85. The maximum Gasteiger partial charge on any atom is 0.339 e. The Kier molecular flexibility index (Phi) is 4.30. The van der Waals surface area contributed by atoms with E-state index in [9.17, 15) is 9.90 Å². The van der Waals surface area contributed by atoms with Gasteiger partial charge in [-0.2, -0.15) is 0 Å². The number of carboxylic acid groups (broad SMARTS) is 1. The minimum Gasteiger partial charge on any atom is -0.478 e. The lowest BCUT2D eigenvalue weighted by atomic mass is 9.86. The number of anilines is 1. The number of aromatic carboxylic acids is 1. The highest BCUT2D eigenvalue weighted by atomic mass is 35.5. The van der Waals surface area contributed by atoms with Crippen LogP contribution in [0.5, 0.6) is 0 Å². The lowest BCUT2D eigenvalue weighted by Gasteiger charge is -2.35. The fourth-order valence-electron chi connectivity index (χ4n) is 2.61. The van der Waals surface area contributed by atoms with Gasteiger partial charge in [-0.3, -0.25) is 0 Å². The highest BCUT2D eigenvalue weighted by Crippen LogP contribution is 2.29. The summed E-state index contributed by atoms with van der Waals surface area (Å²) in [5, 5.41) is 9.56. The molecule has 1 aromatic heterocycles. The molecule has 1 fully saturated rings. The van der Waals surface area contributed by atoms with E-state index < -0.39 is 5.97 Å². The van der Waals surface area contributed by atoms with E-state index in [-0.39, 0.29) is 5.56 Å². The zero-order chi connectivity index (χ0) is 14.0. The van der Waals surface area contributed by atoms with Gasteiger partial charge in [0, 0.05) is 13.1 Å². The number of carboxylic acids is 1. The molecule has 19 heavy (non-hydrogen) atoms. The average Bonchev–Trinajstić information content (AvgIpc) is 2.38. The van der Waals surface area contributed by atoms with Crippen LogP contribution >= 0.6 is 11.6 Å². The summed E-state index contributed by atoms with van der Waals surface area (Å²) in [5.74, 6) is 0.935. The van der Waals surface area contributed by atoms with Gasteiger partial charge < -0.3 is 10.0 Å². The van der Waals surface area contributed by atoms with E-state index in [0.29, 0.717) is 22.8 Å². The molecule has 104 valence electrons. The third-order valence-corrected chi connectivity index (χ3v) is 4.06. The fourth-order valence-corrected chi connectivity index (χ4v) is 2.75. The molecule has 0 spiro atoms. The van der Waals surface area contributed by atoms with Crippen molar-refractivity contribution in [2.75, 3.05) is 18.0 Å². The van der Waals surface area contributed by atoms with E-state index in [1.54, 1.807) is 0 Å². The van der Waals surface area contributed by atoms with E-state index >= 15 is 0 Å². The lowest BCUT2D eigenvalue weighted by Crippen LogP contribution is -2.36. The molecule has 4 nitrogen and oxygen atoms in total. The minimum atomic E-state index is -0.954. The highest BCUT2D eigenvalue weighted by molar-refractivity contribution is 6.29. The Hall–Kier alpha value is -1.29. The molecule has 2 rings (SSSR count). The molecule has 0 aromatic carbocycles. The number of carbonyl (C=O) groups is 1. The van der Waals surface area contributed by atoms with E-state index in [4.69, 9.17) is 11.6 Å². The number of piperidine rings is 1. The first kappa shape index (κ1) is 14.1. The number of hydrogen-bond donors (Lipinski definition) is 1. The van der Waals surface area contributed by atoms with Gasteiger partial charge in [-0.15, -0.1) is 0 Å². The first-order valence-corrected chi connectivity index (χ1v) is 7.01. The van der Waals surface area contributed by atoms with Crippen LogP contribution in [0, 0.1) is 11.8 Å². The maximum absolute atomic E-state index is 11.2. The fraction of sp³-hybridized carbons (Fsp3) is 0.571.